The van der Waals surface area contributed by atoms with Crippen LogP contribution in [0.2, 0.25) is 0 Å². The molecular weight excluding hydrogens is 302 g/mol. The Kier molecular flexibility index (Phi) is 4.07. The van der Waals surface area contributed by atoms with Gasteiger partial charge in [0.05, 0.1) is 5.92 Å². The van der Waals surface area contributed by atoms with Gasteiger partial charge in [-0.05, 0) is 74.3 Å². The van der Waals surface area contributed by atoms with Crippen molar-refractivity contribution in [2.24, 2.45) is 29.6 Å². The molecule has 4 saturated carbocycles. The first-order valence-corrected chi connectivity index (χ1v) is 9.12. The topological polar surface area (TPSA) is 55.4 Å². The summed E-state index contributed by atoms with van der Waals surface area (Å²) in [5.74, 6) is 2.28. The van der Waals surface area contributed by atoms with E-state index in [4.69, 9.17) is 4.74 Å². The summed E-state index contributed by atoms with van der Waals surface area (Å²) in [4.78, 5) is 24.6. The molecule has 0 heterocycles. The number of ether oxygens (including phenoxy) is 1. The molecule has 1 N–H and O–H groups in total. The third-order valence-electron chi connectivity index (χ3n) is 6.26. The zero-order valence-electron chi connectivity index (χ0n) is 14.2. The van der Waals surface area contributed by atoms with Crippen molar-refractivity contribution in [1.82, 2.24) is 0 Å². The fourth-order valence-corrected chi connectivity index (χ4v) is 5.44. The molecule has 4 aliphatic rings. The van der Waals surface area contributed by atoms with E-state index >= 15 is 0 Å². The van der Waals surface area contributed by atoms with Gasteiger partial charge < -0.3 is 10.1 Å². The van der Waals surface area contributed by atoms with Crippen LogP contribution in [-0.4, -0.2) is 18.5 Å². The lowest BCUT2D eigenvalue weighted by Crippen LogP contribution is -2.48. The first kappa shape index (κ1) is 15.7. The summed E-state index contributed by atoms with van der Waals surface area (Å²) in [6.07, 6.45) is 6.10. The maximum absolute atomic E-state index is 12.6. The Bertz CT molecular complexity index is 626. The summed E-state index contributed by atoms with van der Waals surface area (Å²) in [5.41, 5.74) is 1.77. The number of hydrogen-bond donors (Lipinski definition) is 1. The zero-order valence-corrected chi connectivity index (χ0v) is 14.2. The Labute approximate surface area is 143 Å². The Morgan fingerprint density at radius 2 is 1.67 bits per heavy atom. The van der Waals surface area contributed by atoms with Crippen LogP contribution >= 0.6 is 0 Å². The summed E-state index contributed by atoms with van der Waals surface area (Å²) in [6, 6.07) is 7.60. The number of amides is 1. The highest BCUT2D eigenvalue weighted by Gasteiger charge is 2.51. The highest BCUT2D eigenvalue weighted by molar-refractivity contribution is 5.93. The maximum atomic E-state index is 12.6. The van der Waals surface area contributed by atoms with E-state index in [2.05, 4.69) is 5.32 Å². The van der Waals surface area contributed by atoms with Crippen LogP contribution in [0, 0.1) is 36.5 Å². The molecule has 1 aromatic rings. The van der Waals surface area contributed by atoms with Gasteiger partial charge >= 0.3 is 5.97 Å². The lowest BCUT2D eigenvalue weighted by atomic mass is 9.52. The fourth-order valence-electron chi connectivity index (χ4n) is 5.44. The summed E-state index contributed by atoms with van der Waals surface area (Å²) < 4.78 is 5.39. The van der Waals surface area contributed by atoms with Crippen LogP contribution in [0.3, 0.4) is 0 Å². The molecule has 0 spiro atoms. The third kappa shape index (κ3) is 2.94. The van der Waals surface area contributed by atoms with Crippen molar-refractivity contribution >= 4 is 17.6 Å². The molecule has 0 atom stereocenters. The zero-order chi connectivity index (χ0) is 16.7. The van der Waals surface area contributed by atoms with Gasteiger partial charge in [-0.1, -0.05) is 18.2 Å². The minimum absolute atomic E-state index is 0.0315. The number of rotatable bonds is 4. The molecule has 4 aliphatic carbocycles. The summed E-state index contributed by atoms with van der Waals surface area (Å²) in [7, 11) is 0. The smallest absolute Gasteiger partial charge is 0.310 e. The second kappa shape index (κ2) is 6.23. The first-order valence-electron chi connectivity index (χ1n) is 9.12. The molecule has 5 rings (SSSR count). The minimum Gasteiger partial charge on any atom is -0.455 e. The molecular formula is C20H25NO3. The highest BCUT2D eigenvalue weighted by atomic mass is 16.5. The quantitative estimate of drug-likeness (QED) is 0.861. The van der Waals surface area contributed by atoms with Crippen molar-refractivity contribution in [3.63, 3.8) is 0 Å². The molecule has 0 aromatic heterocycles. The van der Waals surface area contributed by atoms with E-state index in [0.717, 1.165) is 23.1 Å². The van der Waals surface area contributed by atoms with Crippen molar-refractivity contribution in [2.75, 3.05) is 11.9 Å². The largest absolute Gasteiger partial charge is 0.455 e. The molecule has 1 amide bonds. The van der Waals surface area contributed by atoms with Crippen molar-refractivity contribution in [3.8, 4) is 0 Å². The van der Waals surface area contributed by atoms with Crippen LogP contribution in [-0.2, 0) is 14.3 Å². The van der Waals surface area contributed by atoms with E-state index in [1.807, 2.05) is 31.2 Å². The maximum Gasteiger partial charge on any atom is 0.310 e. The standard InChI is InChI=1S/C20H25NO3/c1-12-4-2-3-5-17(12)21-18(22)11-24-20(23)19-15-7-13-6-14(9-15)10-16(19)8-13/h2-5,13-16,19H,6-11H2,1H3,(H,21,22). The summed E-state index contributed by atoms with van der Waals surface area (Å²) in [5, 5.41) is 2.82. The molecule has 1 aromatic carbocycles. The first-order chi connectivity index (χ1) is 11.6. The van der Waals surface area contributed by atoms with E-state index in [1.54, 1.807) is 0 Å². The summed E-state index contributed by atoms with van der Waals surface area (Å²) in [6.45, 7) is 1.76. The van der Waals surface area contributed by atoms with Gasteiger partial charge in [-0.15, -0.1) is 0 Å². The van der Waals surface area contributed by atoms with Crippen LogP contribution in [0.4, 0.5) is 5.69 Å². The van der Waals surface area contributed by atoms with Crippen LogP contribution in [0.15, 0.2) is 24.3 Å². The molecule has 128 valence electrons. The van der Waals surface area contributed by atoms with Gasteiger partial charge in [0, 0.05) is 5.69 Å². The van der Waals surface area contributed by atoms with Gasteiger partial charge in [0.15, 0.2) is 6.61 Å². The average molecular weight is 327 g/mol. The van der Waals surface area contributed by atoms with Gasteiger partial charge in [0.1, 0.15) is 0 Å². The van der Waals surface area contributed by atoms with E-state index in [0.29, 0.717) is 11.8 Å². The third-order valence-corrected chi connectivity index (χ3v) is 6.26. The molecule has 0 radical (unpaired) electrons. The SMILES string of the molecule is Cc1ccccc1NC(=O)COC(=O)C1C2CC3CC(C2)CC1C3. The molecule has 0 aliphatic heterocycles. The molecule has 4 fully saturated rings. The average Bonchev–Trinajstić information content (AvgIpc) is 2.54. The second-order valence-corrected chi connectivity index (χ2v) is 7.93. The number of para-hydroxylation sites is 1. The Morgan fingerprint density at radius 1 is 1.04 bits per heavy atom. The van der Waals surface area contributed by atoms with Gasteiger partial charge in [0.25, 0.3) is 5.91 Å². The van der Waals surface area contributed by atoms with E-state index < -0.39 is 0 Å². The molecule has 4 bridgehead atoms. The molecule has 4 nitrogen and oxygen atoms in total. The van der Waals surface area contributed by atoms with E-state index in [-0.39, 0.29) is 24.4 Å². The highest BCUT2D eigenvalue weighted by Crippen LogP contribution is 2.56. The number of carbonyl (C=O) groups excluding carboxylic acids is 2. The van der Waals surface area contributed by atoms with Crippen LogP contribution < -0.4 is 5.32 Å². The van der Waals surface area contributed by atoms with Crippen LogP contribution in [0.1, 0.15) is 37.7 Å². The number of carbonyl (C=O) groups is 2. The van der Waals surface area contributed by atoms with Gasteiger partial charge in [-0.3, -0.25) is 9.59 Å². The molecule has 0 unspecified atom stereocenters. The lowest BCUT2D eigenvalue weighted by Gasteiger charge is -2.53. The van der Waals surface area contributed by atoms with E-state index in [9.17, 15) is 9.59 Å². The predicted molar refractivity (Wildman–Crippen MR) is 91.3 cm³/mol. The Hall–Kier alpha value is -1.84. The number of nitrogens with one attached hydrogen (secondary N) is 1. The normalized spacial score (nSPS) is 33.3. The fraction of sp³-hybridized carbons (Fsp3) is 0.600. The number of benzene rings is 1. The predicted octanol–water partition coefficient (Wildman–Crippen LogP) is 3.55. The number of anilines is 1. The minimum atomic E-state index is -0.263. The molecule has 24 heavy (non-hydrogen) atoms. The van der Waals surface area contributed by atoms with Crippen molar-refractivity contribution < 1.29 is 14.3 Å². The molecule has 0 saturated heterocycles. The number of esters is 1. The summed E-state index contributed by atoms with van der Waals surface area (Å²) >= 11 is 0. The van der Waals surface area contributed by atoms with Gasteiger partial charge in [0.2, 0.25) is 0 Å². The van der Waals surface area contributed by atoms with Gasteiger partial charge in [-0.25, -0.2) is 0 Å². The van der Waals surface area contributed by atoms with Gasteiger partial charge in [-0.2, -0.15) is 0 Å². The lowest BCUT2D eigenvalue weighted by molar-refractivity contribution is -0.164. The number of hydrogen-bond acceptors (Lipinski definition) is 3. The van der Waals surface area contributed by atoms with Crippen molar-refractivity contribution in [3.05, 3.63) is 29.8 Å². The monoisotopic (exact) mass is 327 g/mol. The van der Waals surface area contributed by atoms with Crippen molar-refractivity contribution in [1.29, 1.82) is 0 Å². The number of aryl methyl sites for hydroxylation is 1. The second-order valence-electron chi connectivity index (χ2n) is 7.93. The van der Waals surface area contributed by atoms with E-state index in [1.165, 1.54) is 32.1 Å². The Morgan fingerprint density at radius 3 is 2.29 bits per heavy atom. The Balaban J connectivity index is 1.32. The van der Waals surface area contributed by atoms with Crippen LogP contribution in [0.25, 0.3) is 0 Å². The van der Waals surface area contributed by atoms with Crippen LogP contribution in [0.5, 0.6) is 0 Å². The molecule has 4 heteroatoms. The van der Waals surface area contributed by atoms with Crippen molar-refractivity contribution in [2.45, 2.75) is 39.0 Å².